The minimum absolute atomic E-state index is 0.0197. The quantitative estimate of drug-likeness (QED) is 0.666. The van der Waals surface area contributed by atoms with Crippen molar-refractivity contribution in [3.63, 3.8) is 0 Å². The zero-order valence-electron chi connectivity index (χ0n) is 17.2. The van der Waals surface area contributed by atoms with Crippen molar-refractivity contribution in [3.8, 4) is 5.75 Å². The zero-order chi connectivity index (χ0) is 21.1. The summed E-state index contributed by atoms with van der Waals surface area (Å²) in [4.78, 5) is 14.8. The van der Waals surface area contributed by atoms with Crippen molar-refractivity contribution in [3.05, 3.63) is 41.8 Å². The molecule has 0 unspecified atom stereocenters. The molecule has 8 heteroatoms. The topological polar surface area (TPSA) is 66.9 Å². The van der Waals surface area contributed by atoms with Gasteiger partial charge in [0, 0.05) is 19.6 Å². The Hall–Kier alpha value is -2.06. The van der Waals surface area contributed by atoms with Crippen LogP contribution in [-0.4, -0.2) is 45.5 Å². The third kappa shape index (κ3) is 4.34. The number of nitrogens with zero attached hydrogens (tertiary/aromatic N) is 2. The number of sulfonamides is 1. The molecule has 6 nitrogen and oxygen atoms in total. The van der Waals surface area contributed by atoms with Crippen molar-refractivity contribution in [2.75, 3.05) is 24.5 Å². The third-order valence-corrected chi connectivity index (χ3v) is 9.39. The molecule has 0 bridgehead atoms. The smallest absolute Gasteiger partial charge is 0.273 e. The largest absolute Gasteiger partial charge is 0.484 e. The predicted octanol–water partition coefficient (Wildman–Crippen LogP) is 4.13. The highest BCUT2D eigenvalue weighted by molar-refractivity contribution is 7.94. The molecule has 1 saturated carbocycles. The summed E-state index contributed by atoms with van der Waals surface area (Å²) in [5.41, 5.74) is 0.545. The van der Waals surface area contributed by atoms with Crippen molar-refractivity contribution in [2.24, 2.45) is 5.92 Å². The number of carbonyl (C=O) groups is 1. The molecule has 2 fully saturated rings. The van der Waals surface area contributed by atoms with Gasteiger partial charge in [0.1, 0.15) is 9.96 Å². The average Bonchev–Trinajstić information content (AvgIpc) is 3.33. The van der Waals surface area contributed by atoms with E-state index in [0.717, 1.165) is 19.4 Å². The number of ether oxygens (including phenoxy) is 1. The van der Waals surface area contributed by atoms with Crippen molar-refractivity contribution in [1.29, 1.82) is 0 Å². The van der Waals surface area contributed by atoms with E-state index in [0.29, 0.717) is 27.6 Å². The number of hydrogen-bond donors (Lipinski definition) is 0. The van der Waals surface area contributed by atoms with Crippen molar-refractivity contribution in [2.45, 2.75) is 48.8 Å². The van der Waals surface area contributed by atoms with Crippen LogP contribution in [0, 0.1) is 5.92 Å². The van der Waals surface area contributed by atoms with Gasteiger partial charge in [-0.2, -0.15) is 0 Å². The van der Waals surface area contributed by atoms with E-state index in [4.69, 9.17) is 4.74 Å². The number of hydrogen-bond acceptors (Lipinski definition) is 5. The molecule has 0 N–H and O–H groups in total. The molecule has 1 aliphatic heterocycles. The molecule has 1 aromatic heterocycles. The predicted molar refractivity (Wildman–Crippen MR) is 119 cm³/mol. The molecule has 2 atom stereocenters. The van der Waals surface area contributed by atoms with Crippen LogP contribution in [0.4, 0.5) is 5.69 Å². The van der Waals surface area contributed by atoms with Gasteiger partial charge in [-0.15, -0.1) is 11.3 Å². The van der Waals surface area contributed by atoms with Gasteiger partial charge in [-0.1, -0.05) is 18.9 Å². The summed E-state index contributed by atoms with van der Waals surface area (Å²) in [7, 11) is -2.03. The number of rotatable bonds is 6. The minimum Gasteiger partial charge on any atom is -0.484 e. The normalized spacial score (nSPS) is 21.7. The maximum absolute atomic E-state index is 12.8. The fourth-order valence-electron chi connectivity index (χ4n) is 4.60. The Morgan fingerprint density at radius 1 is 1.13 bits per heavy atom. The van der Waals surface area contributed by atoms with E-state index in [1.165, 1.54) is 48.4 Å². The average molecular weight is 449 g/mol. The summed E-state index contributed by atoms with van der Waals surface area (Å²) in [6.45, 7) is 0.847. The first kappa shape index (κ1) is 21.2. The van der Waals surface area contributed by atoms with Gasteiger partial charge in [-0.05, 0) is 67.3 Å². The highest BCUT2D eigenvalue weighted by Crippen LogP contribution is 2.35. The fraction of sp³-hybridized carbons (Fsp3) is 0.500. The second-order valence-corrected chi connectivity index (χ2v) is 11.2. The number of piperidine rings is 1. The minimum atomic E-state index is -3.56. The first-order valence-electron chi connectivity index (χ1n) is 10.5. The molecule has 1 aromatic carbocycles. The third-order valence-electron chi connectivity index (χ3n) is 6.24. The van der Waals surface area contributed by atoms with Crippen LogP contribution < -0.4 is 9.04 Å². The fourth-order valence-corrected chi connectivity index (χ4v) is 6.96. The van der Waals surface area contributed by atoms with Crippen LogP contribution in [0.1, 0.15) is 38.5 Å². The lowest BCUT2D eigenvalue weighted by atomic mass is 9.78. The Labute approximate surface area is 182 Å². The van der Waals surface area contributed by atoms with Crippen LogP contribution >= 0.6 is 11.3 Å². The molecular weight excluding hydrogens is 420 g/mol. The Kier molecular flexibility index (Phi) is 6.34. The Bertz CT molecular complexity index is 956. The maximum atomic E-state index is 12.8. The summed E-state index contributed by atoms with van der Waals surface area (Å²) < 4.78 is 32.6. The van der Waals surface area contributed by atoms with Gasteiger partial charge in [0.05, 0.1) is 5.69 Å². The lowest BCUT2D eigenvalue weighted by molar-refractivity contribution is -0.139. The monoisotopic (exact) mass is 448 g/mol. The number of amides is 1. The Morgan fingerprint density at radius 2 is 1.87 bits per heavy atom. The number of carbonyl (C=O) groups excluding carboxylic acids is 1. The van der Waals surface area contributed by atoms with Gasteiger partial charge < -0.3 is 9.64 Å². The van der Waals surface area contributed by atoms with Crippen LogP contribution in [0.15, 0.2) is 46.0 Å². The Balaban J connectivity index is 1.36. The molecule has 4 rings (SSSR count). The summed E-state index contributed by atoms with van der Waals surface area (Å²) in [5, 5.41) is 1.74. The summed E-state index contributed by atoms with van der Waals surface area (Å²) in [6.07, 6.45) is 7.14. The molecule has 1 amide bonds. The molecule has 2 heterocycles. The molecular formula is C22H28N2O4S2. The molecule has 0 spiro atoms. The highest BCUT2D eigenvalue weighted by Gasteiger charge is 2.35. The van der Waals surface area contributed by atoms with Crippen LogP contribution in [-0.2, 0) is 14.8 Å². The number of thiophene rings is 1. The SMILES string of the molecule is CN(c1ccc(OCC(=O)N2CCC[C@H]3CCCC[C@@H]32)cc1)S(=O)(=O)c1cccs1. The van der Waals surface area contributed by atoms with Crippen LogP contribution in [0.3, 0.4) is 0 Å². The summed E-state index contributed by atoms with van der Waals surface area (Å²) >= 11 is 1.19. The van der Waals surface area contributed by atoms with E-state index in [9.17, 15) is 13.2 Å². The maximum Gasteiger partial charge on any atom is 0.273 e. The van der Waals surface area contributed by atoms with Crippen molar-refractivity contribution in [1.82, 2.24) is 4.90 Å². The van der Waals surface area contributed by atoms with E-state index in [2.05, 4.69) is 0 Å². The van der Waals surface area contributed by atoms with E-state index in [-0.39, 0.29) is 12.5 Å². The molecule has 2 aliphatic rings. The second-order valence-electron chi connectivity index (χ2n) is 8.03. The lowest BCUT2D eigenvalue weighted by Crippen LogP contribution is -2.51. The first-order valence-corrected chi connectivity index (χ1v) is 12.8. The molecule has 2 aromatic rings. The standard InChI is InChI=1S/C22H28N2O4S2/c1-23(30(26,27)22-9-5-15-29-22)18-10-12-19(13-11-18)28-16-21(25)24-14-4-7-17-6-2-3-8-20(17)24/h5,9-13,15,17,20H,2-4,6-8,14,16H2,1H3/t17-,20+/m1/s1. The number of likely N-dealkylation sites (tertiary alicyclic amines) is 1. The van der Waals surface area contributed by atoms with E-state index < -0.39 is 10.0 Å². The second kappa shape index (κ2) is 8.98. The summed E-state index contributed by atoms with van der Waals surface area (Å²) in [5.74, 6) is 1.26. The molecule has 0 radical (unpaired) electrons. The van der Waals surface area contributed by atoms with Crippen molar-refractivity contribution >= 4 is 33.0 Å². The van der Waals surface area contributed by atoms with Gasteiger partial charge in [0.25, 0.3) is 15.9 Å². The first-order chi connectivity index (χ1) is 14.5. The van der Waals surface area contributed by atoms with Gasteiger partial charge in [-0.3, -0.25) is 9.10 Å². The number of anilines is 1. The van der Waals surface area contributed by atoms with E-state index in [1.807, 2.05) is 4.90 Å². The highest BCUT2D eigenvalue weighted by atomic mass is 32.2. The van der Waals surface area contributed by atoms with Crippen molar-refractivity contribution < 1.29 is 17.9 Å². The molecule has 162 valence electrons. The molecule has 1 aliphatic carbocycles. The number of fused-ring (bicyclic) bond motifs is 1. The lowest BCUT2D eigenvalue weighted by Gasteiger charge is -2.44. The van der Waals surface area contributed by atoms with E-state index >= 15 is 0 Å². The van der Waals surface area contributed by atoms with E-state index in [1.54, 1.807) is 41.8 Å². The number of benzene rings is 1. The van der Waals surface area contributed by atoms with Crippen LogP contribution in [0.25, 0.3) is 0 Å². The van der Waals surface area contributed by atoms with Gasteiger partial charge in [0.15, 0.2) is 6.61 Å². The van der Waals surface area contributed by atoms with Crippen LogP contribution in [0.5, 0.6) is 5.75 Å². The van der Waals surface area contributed by atoms with Gasteiger partial charge >= 0.3 is 0 Å². The molecule has 30 heavy (non-hydrogen) atoms. The zero-order valence-corrected chi connectivity index (χ0v) is 18.8. The Morgan fingerprint density at radius 3 is 2.60 bits per heavy atom. The van der Waals surface area contributed by atoms with Gasteiger partial charge in [0.2, 0.25) is 0 Å². The summed E-state index contributed by atoms with van der Waals surface area (Å²) in [6, 6.07) is 10.5. The van der Waals surface area contributed by atoms with Crippen LogP contribution in [0.2, 0.25) is 0 Å². The van der Waals surface area contributed by atoms with Gasteiger partial charge in [-0.25, -0.2) is 8.42 Å². The molecule has 1 saturated heterocycles.